The normalized spacial score (nSPS) is 14.8. The number of nitrogens with one attached hydrogen (secondary N) is 2. The molecule has 2 aromatic heterocycles. The molecule has 94 valence electrons. The minimum absolute atomic E-state index is 0.0757. The maximum Gasteiger partial charge on any atom is 0.262 e. The molecular weight excluding hydrogens is 264 g/mol. The highest BCUT2D eigenvalue weighted by molar-refractivity contribution is 7.71. The van der Waals surface area contributed by atoms with Gasteiger partial charge in [0.1, 0.15) is 5.56 Å². The lowest BCUT2D eigenvalue weighted by molar-refractivity contribution is 0.448. The Morgan fingerprint density at radius 2 is 2.21 bits per heavy atom. The van der Waals surface area contributed by atoms with Crippen LogP contribution in [0.5, 0.6) is 5.88 Å². The van der Waals surface area contributed by atoms with Gasteiger partial charge < -0.3 is 10.1 Å². The standard InChI is InChI=1S/C12H8N4O2S/c17-10-8(11(18)16-12(19)15-10)4-6-5-14-9-7(6)2-1-3-13-9/h1-5H,(H3,15,16,17,18,19)/b6-4-. The van der Waals surface area contributed by atoms with Gasteiger partial charge in [0.05, 0.1) is 0 Å². The number of fused-ring (bicyclic) bond motifs is 1. The molecule has 0 aromatic carbocycles. The van der Waals surface area contributed by atoms with Crippen molar-refractivity contribution in [3.05, 3.63) is 44.6 Å². The van der Waals surface area contributed by atoms with Crippen molar-refractivity contribution < 1.29 is 5.11 Å². The Hall–Kier alpha value is -2.54. The molecule has 1 aliphatic heterocycles. The van der Waals surface area contributed by atoms with E-state index in [-0.39, 0.29) is 16.2 Å². The second-order valence-corrected chi connectivity index (χ2v) is 4.31. The van der Waals surface area contributed by atoms with Crippen molar-refractivity contribution >= 4 is 35.9 Å². The summed E-state index contributed by atoms with van der Waals surface area (Å²) >= 11 is 4.76. The van der Waals surface area contributed by atoms with E-state index < -0.39 is 5.56 Å². The first-order valence-corrected chi connectivity index (χ1v) is 5.83. The third-order valence-corrected chi connectivity index (χ3v) is 2.89. The fraction of sp³-hybridized carbons (Fsp3) is 0. The molecule has 0 atom stereocenters. The van der Waals surface area contributed by atoms with Crippen LogP contribution >= 0.6 is 12.2 Å². The Morgan fingerprint density at radius 3 is 3.00 bits per heavy atom. The van der Waals surface area contributed by atoms with E-state index >= 15 is 0 Å². The molecule has 0 saturated heterocycles. The Bertz CT molecular complexity index is 832. The Kier molecular flexibility index (Phi) is 2.60. The summed E-state index contributed by atoms with van der Waals surface area (Å²) in [6.45, 7) is 0. The van der Waals surface area contributed by atoms with Gasteiger partial charge in [-0.2, -0.15) is 0 Å². The van der Waals surface area contributed by atoms with Crippen molar-refractivity contribution in [3.63, 3.8) is 0 Å². The first kappa shape index (κ1) is 11.5. The van der Waals surface area contributed by atoms with Gasteiger partial charge in [-0.15, -0.1) is 0 Å². The smallest absolute Gasteiger partial charge is 0.262 e. The number of allylic oxidation sites excluding steroid dienone is 1. The van der Waals surface area contributed by atoms with E-state index in [2.05, 4.69) is 19.9 Å². The van der Waals surface area contributed by atoms with E-state index in [9.17, 15) is 9.90 Å². The maximum absolute atomic E-state index is 11.8. The molecule has 0 unspecified atom stereocenters. The fourth-order valence-electron chi connectivity index (χ4n) is 1.81. The number of nitrogens with zero attached hydrogens (tertiary/aromatic N) is 2. The highest BCUT2D eigenvalue weighted by atomic mass is 32.1. The van der Waals surface area contributed by atoms with Gasteiger partial charge in [0.25, 0.3) is 5.56 Å². The van der Waals surface area contributed by atoms with Gasteiger partial charge >= 0.3 is 0 Å². The molecule has 0 fully saturated rings. The number of pyridine rings is 1. The number of aliphatic imine (C=N–C) groups is 1. The van der Waals surface area contributed by atoms with E-state index in [1.54, 1.807) is 18.5 Å². The summed E-state index contributed by atoms with van der Waals surface area (Å²) in [5, 5.41) is 9.73. The number of aromatic hydroxyl groups is 1. The van der Waals surface area contributed by atoms with Crippen molar-refractivity contribution in [2.24, 2.45) is 4.99 Å². The van der Waals surface area contributed by atoms with Crippen LogP contribution in [0, 0.1) is 4.77 Å². The van der Waals surface area contributed by atoms with Crippen LogP contribution in [0.3, 0.4) is 0 Å². The Morgan fingerprint density at radius 1 is 1.37 bits per heavy atom. The summed E-state index contributed by atoms with van der Waals surface area (Å²) in [5.74, 6) is 0.320. The van der Waals surface area contributed by atoms with Crippen molar-refractivity contribution in [2.45, 2.75) is 0 Å². The lowest BCUT2D eigenvalue weighted by atomic mass is 10.1. The molecule has 0 radical (unpaired) electrons. The zero-order valence-corrected chi connectivity index (χ0v) is 10.4. The number of aromatic amines is 2. The predicted octanol–water partition coefficient (Wildman–Crippen LogP) is 1.79. The summed E-state index contributed by atoms with van der Waals surface area (Å²) in [5.41, 5.74) is 1.16. The van der Waals surface area contributed by atoms with Crippen LogP contribution in [0.1, 0.15) is 11.1 Å². The van der Waals surface area contributed by atoms with Crippen LogP contribution < -0.4 is 5.56 Å². The topological polar surface area (TPSA) is 94.1 Å². The van der Waals surface area contributed by atoms with Gasteiger partial charge in [0, 0.05) is 23.5 Å². The van der Waals surface area contributed by atoms with Crippen LogP contribution in [0.2, 0.25) is 0 Å². The minimum Gasteiger partial charge on any atom is -0.494 e. The minimum atomic E-state index is -0.459. The van der Waals surface area contributed by atoms with E-state index in [0.29, 0.717) is 11.4 Å². The first-order chi connectivity index (χ1) is 9.15. The van der Waals surface area contributed by atoms with Gasteiger partial charge in [0.2, 0.25) is 5.88 Å². The van der Waals surface area contributed by atoms with Gasteiger partial charge in [-0.1, -0.05) is 0 Å². The van der Waals surface area contributed by atoms with Gasteiger partial charge in [-0.05, 0) is 30.4 Å². The summed E-state index contributed by atoms with van der Waals surface area (Å²) in [7, 11) is 0. The molecule has 6 nitrogen and oxygen atoms in total. The maximum atomic E-state index is 11.8. The van der Waals surface area contributed by atoms with Gasteiger partial charge in [-0.25, -0.2) is 9.98 Å². The molecule has 0 bridgehead atoms. The van der Waals surface area contributed by atoms with Crippen molar-refractivity contribution in [1.29, 1.82) is 0 Å². The average molecular weight is 272 g/mol. The molecule has 19 heavy (non-hydrogen) atoms. The predicted molar refractivity (Wildman–Crippen MR) is 74.2 cm³/mol. The largest absolute Gasteiger partial charge is 0.494 e. The molecule has 0 saturated carbocycles. The Labute approximate surface area is 112 Å². The number of hydrogen-bond acceptors (Lipinski definition) is 5. The van der Waals surface area contributed by atoms with Crippen molar-refractivity contribution in [3.8, 4) is 5.88 Å². The molecule has 3 rings (SSSR count). The number of rotatable bonds is 1. The third-order valence-electron chi connectivity index (χ3n) is 2.68. The third kappa shape index (κ3) is 2.00. The van der Waals surface area contributed by atoms with Crippen molar-refractivity contribution in [1.82, 2.24) is 15.0 Å². The SMILES string of the molecule is O=c1[nH]c(=S)[nH]c(O)c1/C=C1/C=Nc2ncccc21. The number of aromatic nitrogens is 3. The summed E-state index contributed by atoms with van der Waals surface area (Å²) in [6, 6.07) is 3.63. The zero-order valence-electron chi connectivity index (χ0n) is 9.54. The van der Waals surface area contributed by atoms with Crippen molar-refractivity contribution in [2.75, 3.05) is 0 Å². The van der Waals surface area contributed by atoms with Crippen LogP contribution in [0.15, 0.2) is 28.1 Å². The van der Waals surface area contributed by atoms with Crippen LogP contribution in [0.4, 0.5) is 5.82 Å². The summed E-state index contributed by atoms with van der Waals surface area (Å²) in [6.07, 6.45) is 4.78. The van der Waals surface area contributed by atoms with E-state index in [1.807, 2.05) is 6.07 Å². The monoisotopic (exact) mass is 272 g/mol. The molecule has 2 aromatic rings. The van der Waals surface area contributed by atoms with Gasteiger partial charge in [-0.3, -0.25) is 9.78 Å². The number of H-pyrrole nitrogens is 2. The fourth-order valence-corrected chi connectivity index (χ4v) is 2.00. The highest BCUT2D eigenvalue weighted by Crippen LogP contribution is 2.30. The average Bonchev–Trinajstić information content (AvgIpc) is 2.77. The molecule has 0 aliphatic carbocycles. The lowest BCUT2D eigenvalue weighted by Gasteiger charge is -2.00. The molecular formula is C12H8N4O2S. The molecule has 0 spiro atoms. The van der Waals surface area contributed by atoms with E-state index in [0.717, 1.165) is 5.56 Å². The quantitative estimate of drug-likeness (QED) is 0.690. The zero-order chi connectivity index (χ0) is 13.4. The van der Waals surface area contributed by atoms with E-state index in [1.165, 1.54) is 6.08 Å². The van der Waals surface area contributed by atoms with Gasteiger partial charge in [0.15, 0.2) is 10.6 Å². The first-order valence-electron chi connectivity index (χ1n) is 5.42. The molecule has 7 heteroatoms. The van der Waals surface area contributed by atoms with Crippen LogP contribution in [-0.4, -0.2) is 26.3 Å². The molecule has 3 N–H and O–H groups in total. The highest BCUT2D eigenvalue weighted by Gasteiger charge is 2.14. The molecule has 3 heterocycles. The summed E-state index contributed by atoms with van der Waals surface area (Å²) < 4.78 is 0.0757. The Balaban J connectivity index is 2.18. The second-order valence-electron chi connectivity index (χ2n) is 3.90. The molecule has 1 aliphatic rings. The van der Waals surface area contributed by atoms with E-state index in [4.69, 9.17) is 12.2 Å². The molecule has 0 amide bonds. The summed E-state index contributed by atoms with van der Waals surface area (Å²) in [4.78, 5) is 24.9. The van der Waals surface area contributed by atoms with Crippen LogP contribution in [0.25, 0.3) is 11.6 Å². The lowest BCUT2D eigenvalue weighted by Crippen LogP contribution is -2.11. The van der Waals surface area contributed by atoms with Crippen LogP contribution in [-0.2, 0) is 0 Å². The number of hydrogen-bond donors (Lipinski definition) is 3. The second kappa shape index (κ2) is 4.29.